The molecular weight excluding hydrogens is 511 g/mol. The topological polar surface area (TPSA) is 27.7 Å². The number of ether oxygens (including phenoxy) is 3. The van der Waals surface area contributed by atoms with Crippen molar-refractivity contribution < 1.29 is 18.6 Å². The summed E-state index contributed by atoms with van der Waals surface area (Å²) in [6.07, 6.45) is 3.75. The van der Waals surface area contributed by atoms with E-state index in [1.807, 2.05) is 26.0 Å². The predicted molar refractivity (Wildman–Crippen MR) is 164 cm³/mol. The second-order valence-electron chi connectivity index (χ2n) is 10.9. The molecule has 41 heavy (non-hydrogen) atoms. The monoisotopic (exact) mass is 552 g/mol. The van der Waals surface area contributed by atoms with E-state index < -0.39 is 5.60 Å². The average Bonchev–Trinajstić information content (AvgIpc) is 3.00. The first kappa shape index (κ1) is 28.9. The number of rotatable bonds is 10. The molecule has 0 radical (unpaired) electrons. The lowest BCUT2D eigenvalue weighted by Gasteiger charge is -2.41. The van der Waals surface area contributed by atoms with Gasteiger partial charge in [-0.15, -0.1) is 0 Å². The van der Waals surface area contributed by atoms with E-state index in [4.69, 9.17) is 14.2 Å². The summed E-state index contributed by atoms with van der Waals surface area (Å²) in [4.78, 5) is 0. The van der Waals surface area contributed by atoms with Gasteiger partial charge in [0, 0.05) is 11.5 Å². The normalized spacial score (nSPS) is 18.7. The van der Waals surface area contributed by atoms with Crippen LogP contribution in [0.1, 0.15) is 73.8 Å². The molecule has 0 aliphatic carbocycles. The smallest absolute Gasteiger partial charge is 0.126 e. The molecule has 1 heterocycles. The number of aryl methyl sites for hydroxylation is 1. The van der Waals surface area contributed by atoms with Crippen molar-refractivity contribution in [2.45, 2.75) is 64.9 Å². The van der Waals surface area contributed by atoms with Crippen LogP contribution in [0, 0.1) is 12.7 Å². The van der Waals surface area contributed by atoms with Gasteiger partial charge in [0.05, 0.1) is 19.8 Å². The maximum atomic E-state index is 13.8. The fourth-order valence-electron chi connectivity index (χ4n) is 6.00. The van der Waals surface area contributed by atoms with Gasteiger partial charge in [-0.1, -0.05) is 79.6 Å². The molecule has 0 spiro atoms. The zero-order valence-corrected chi connectivity index (χ0v) is 24.7. The SMILES string of the molecule is CCCc1c(OCC)cc(-c2ccc(C3CCC(c4ccc(C)cc4)(c4ccc(F)cc4)OC3)cc2)cc1OCC. The number of hydrogen-bond donors (Lipinski definition) is 0. The van der Waals surface area contributed by atoms with Gasteiger partial charge in [-0.2, -0.15) is 0 Å². The first-order valence-corrected chi connectivity index (χ1v) is 15.0. The molecule has 1 aliphatic heterocycles. The van der Waals surface area contributed by atoms with Crippen LogP contribution in [0.25, 0.3) is 11.1 Å². The highest BCUT2D eigenvalue weighted by atomic mass is 19.1. The van der Waals surface area contributed by atoms with Crippen molar-refractivity contribution in [1.82, 2.24) is 0 Å². The molecule has 3 nitrogen and oxygen atoms in total. The molecule has 0 amide bonds. The Labute approximate surface area is 244 Å². The summed E-state index contributed by atoms with van der Waals surface area (Å²) < 4.78 is 32.6. The largest absolute Gasteiger partial charge is 0.493 e. The van der Waals surface area contributed by atoms with Crippen LogP contribution in [0.15, 0.2) is 84.9 Å². The Morgan fingerprint density at radius 2 is 1.37 bits per heavy atom. The second kappa shape index (κ2) is 12.9. The highest BCUT2D eigenvalue weighted by molar-refractivity contribution is 5.69. The minimum Gasteiger partial charge on any atom is -0.493 e. The summed E-state index contributed by atoms with van der Waals surface area (Å²) >= 11 is 0. The highest BCUT2D eigenvalue weighted by Gasteiger charge is 2.40. The summed E-state index contributed by atoms with van der Waals surface area (Å²) in [5, 5.41) is 0. The molecule has 4 heteroatoms. The summed E-state index contributed by atoms with van der Waals surface area (Å²) in [7, 11) is 0. The van der Waals surface area contributed by atoms with Crippen LogP contribution in [-0.4, -0.2) is 19.8 Å². The van der Waals surface area contributed by atoms with Gasteiger partial charge >= 0.3 is 0 Å². The van der Waals surface area contributed by atoms with Crippen LogP contribution < -0.4 is 9.47 Å². The van der Waals surface area contributed by atoms with Gasteiger partial charge in [-0.3, -0.25) is 0 Å². The van der Waals surface area contributed by atoms with E-state index in [2.05, 4.69) is 74.5 Å². The van der Waals surface area contributed by atoms with Crippen LogP contribution >= 0.6 is 0 Å². The highest BCUT2D eigenvalue weighted by Crippen LogP contribution is 2.45. The van der Waals surface area contributed by atoms with Crippen LogP contribution in [0.4, 0.5) is 4.39 Å². The van der Waals surface area contributed by atoms with Crippen LogP contribution in [0.2, 0.25) is 0 Å². The lowest BCUT2D eigenvalue weighted by Crippen LogP contribution is -2.37. The molecule has 4 aromatic carbocycles. The fourth-order valence-corrected chi connectivity index (χ4v) is 6.00. The standard InChI is InChI=1S/C37H41FO3/c1-5-8-34-35(39-6-2)23-30(24-36(34)40-7-3)28-13-11-27(12-14-28)29-21-22-37(41-25-29,31-15-9-26(4)10-16-31)32-17-19-33(38)20-18-32/h9-20,23-24,29H,5-8,21-22,25H2,1-4H3. The Morgan fingerprint density at radius 3 is 1.88 bits per heavy atom. The van der Waals surface area contributed by atoms with Crippen molar-refractivity contribution in [1.29, 1.82) is 0 Å². The van der Waals surface area contributed by atoms with E-state index in [9.17, 15) is 4.39 Å². The summed E-state index contributed by atoms with van der Waals surface area (Å²) in [6, 6.07) is 28.4. The lowest BCUT2D eigenvalue weighted by molar-refractivity contribution is -0.0632. The molecule has 1 fully saturated rings. The average molecular weight is 553 g/mol. The Bertz CT molecular complexity index is 1340. The Morgan fingerprint density at radius 1 is 0.780 bits per heavy atom. The van der Waals surface area contributed by atoms with Gasteiger partial charge in [0.15, 0.2) is 0 Å². The minimum atomic E-state index is -0.580. The number of halogens is 1. The van der Waals surface area contributed by atoms with Gasteiger partial charge in [0.25, 0.3) is 0 Å². The zero-order chi connectivity index (χ0) is 28.8. The molecule has 0 N–H and O–H groups in total. The summed E-state index contributed by atoms with van der Waals surface area (Å²) in [5.41, 5.74) is 7.39. The lowest BCUT2D eigenvalue weighted by atomic mass is 9.77. The van der Waals surface area contributed by atoms with Gasteiger partial charge < -0.3 is 14.2 Å². The third kappa shape index (κ3) is 6.18. The maximum absolute atomic E-state index is 13.8. The van der Waals surface area contributed by atoms with Crippen molar-refractivity contribution >= 4 is 0 Å². The molecule has 1 saturated heterocycles. The molecule has 4 aromatic rings. The molecule has 2 unspecified atom stereocenters. The predicted octanol–water partition coefficient (Wildman–Crippen LogP) is 9.39. The first-order valence-electron chi connectivity index (χ1n) is 15.0. The molecule has 2 atom stereocenters. The Kier molecular flexibility index (Phi) is 9.09. The zero-order valence-electron chi connectivity index (χ0n) is 24.7. The van der Waals surface area contributed by atoms with E-state index in [0.717, 1.165) is 65.0 Å². The van der Waals surface area contributed by atoms with E-state index in [1.54, 1.807) is 0 Å². The first-order chi connectivity index (χ1) is 20.0. The molecule has 5 rings (SSSR count). The van der Waals surface area contributed by atoms with E-state index in [1.165, 1.54) is 23.3 Å². The third-order valence-electron chi connectivity index (χ3n) is 8.19. The van der Waals surface area contributed by atoms with Gasteiger partial charge in [-0.05, 0) is 92.1 Å². The molecular formula is C37H41FO3. The van der Waals surface area contributed by atoms with E-state index in [-0.39, 0.29) is 11.7 Å². The molecule has 0 saturated carbocycles. The fraction of sp³-hybridized carbons (Fsp3) is 0.351. The Balaban J connectivity index is 1.39. The van der Waals surface area contributed by atoms with Crippen molar-refractivity contribution in [2.24, 2.45) is 0 Å². The number of hydrogen-bond acceptors (Lipinski definition) is 3. The van der Waals surface area contributed by atoms with E-state index >= 15 is 0 Å². The molecule has 1 aliphatic rings. The van der Waals surface area contributed by atoms with Gasteiger partial charge in [0.2, 0.25) is 0 Å². The molecule has 0 aromatic heterocycles. The third-order valence-corrected chi connectivity index (χ3v) is 8.19. The van der Waals surface area contributed by atoms with Gasteiger partial charge in [-0.25, -0.2) is 4.39 Å². The summed E-state index contributed by atoms with van der Waals surface area (Å²) in [6.45, 7) is 10.1. The van der Waals surface area contributed by atoms with Crippen LogP contribution in [0.5, 0.6) is 11.5 Å². The van der Waals surface area contributed by atoms with Gasteiger partial charge in [0.1, 0.15) is 22.9 Å². The second-order valence-corrected chi connectivity index (χ2v) is 10.9. The maximum Gasteiger partial charge on any atom is 0.126 e. The minimum absolute atomic E-state index is 0.233. The van der Waals surface area contributed by atoms with E-state index in [0.29, 0.717) is 19.8 Å². The molecule has 0 bridgehead atoms. The van der Waals surface area contributed by atoms with Crippen LogP contribution in [0.3, 0.4) is 0 Å². The van der Waals surface area contributed by atoms with Crippen molar-refractivity contribution in [3.63, 3.8) is 0 Å². The van der Waals surface area contributed by atoms with Crippen molar-refractivity contribution in [3.05, 3.63) is 119 Å². The quantitative estimate of drug-likeness (QED) is 0.196. The number of benzene rings is 4. The van der Waals surface area contributed by atoms with Crippen molar-refractivity contribution in [3.8, 4) is 22.6 Å². The molecule has 214 valence electrons. The Hall–Kier alpha value is -3.63. The van der Waals surface area contributed by atoms with Crippen LogP contribution in [-0.2, 0) is 16.8 Å². The van der Waals surface area contributed by atoms with Crippen molar-refractivity contribution in [2.75, 3.05) is 19.8 Å². The summed E-state index contributed by atoms with van der Waals surface area (Å²) in [5.74, 6) is 1.87.